The molecule has 2 aromatic carbocycles. The number of carbonyl (C=O) groups is 2. The lowest BCUT2D eigenvalue weighted by Gasteiger charge is -2.09. The molecule has 2 aromatic rings. The van der Waals surface area contributed by atoms with Crippen LogP contribution in [-0.2, 0) is 4.79 Å². The van der Waals surface area contributed by atoms with Gasteiger partial charge in [0.15, 0.2) is 0 Å². The third kappa shape index (κ3) is 4.36. The molecule has 0 unspecified atom stereocenters. The Bertz CT molecular complexity index is 897. The highest BCUT2D eigenvalue weighted by Crippen LogP contribution is 2.21. The molecule has 0 bridgehead atoms. The fourth-order valence-electron chi connectivity index (χ4n) is 2.10. The van der Waals surface area contributed by atoms with E-state index in [0.29, 0.717) is 16.9 Å². The number of para-hydroxylation sites is 1. The van der Waals surface area contributed by atoms with Crippen molar-refractivity contribution in [1.82, 2.24) is 0 Å². The van der Waals surface area contributed by atoms with Gasteiger partial charge in [0.05, 0.1) is 11.3 Å². The van der Waals surface area contributed by atoms with Crippen LogP contribution in [0.2, 0.25) is 0 Å². The highest BCUT2D eigenvalue weighted by Gasteiger charge is 2.12. The van der Waals surface area contributed by atoms with Crippen LogP contribution in [0.5, 0.6) is 5.75 Å². The van der Waals surface area contributed by atoms with Gasteiger partial charge in [0, 0.05) is 11.9 Å². The van der Waals surface area contributed by atoms with Crippen molar-refractivity contribution < 1.29 is 14.7 Å². The third-order valence-electron chi connectivity index (χ3n) is 3.39. The number of nitrogens with two attached hydrogens (primary N) is 1. The quantitative estimate of drug-likeness (QED) is 0.378. The van der Waals surface area contributed by atoms with Gasteiger partial charge in [-0.2, -0.15) is 5.26 Å². The first-order valence-electron chi connectivity index (χ1n) is 7.29. The summed E-state index contributed by atoms with van der Waals surface area (Å²) in [6.07, 6.45) is 1.20. The zero-order chi connectivity index (χ0) is 18.4. The maximum Gasteiger partial charge on any atom is 0.267 e. The summed E-state index contributed by atoms with van der Waals surface area (Å²) >= 11 is 0. The molecule has 0 aliphatic heterocycles. The number of aryl methyl sites for hydroxylation is 1. The molecule has 0 fully saturated rings. The molecule has 2 amide bonds. The van der Waals surface area contributed by atoms with Gasteiger partial charge in [0.2, 0.25) is 0 Å². The molecule has 0 aliphatic rings. The van der Waals surface area contributed by atoms with Gasteiger partial charge in [0.1, 0.15) is 17.4 Å². The molecule has 0 aromatic heterocycles. The van der Waals surface area contributed by atoms with Gasteiger partial charge >= 0.3 is 0 Å². The zero-order valence-electron chi connectivity index (χ0n) is 13.4. The number of phenols is 1. The number of primary amides is 1. The molecule has 0 spiro atoms. The second-order valence-corrected chi connectivity index (χ2v) is 5.18. The number of nitriles is 1. The molecular formula is C18H16N4O3. The first-order chi connectivity index (χ1) is 11.9. The number of amides is 2. The molecule has 2 rings (SSSR count). The largest absolute Gasteiger partial charge is 0.508 e. The predicted molar refractivity (Wildman–Crippen MR) is 93.8 cm³/mol. The smallest absolute Gasteiger partial charge is 0.267 e. The fourth-order valence-corrected chi connectivity index (χ4v) is 2.10. The number of rotatable bonds is 5. The first-order valence-corrected chi connectivity index (χ1v) is 7.29. The van der Waals surface area contributed by atoms with Crippen molar-refractivity contribution in [2.24, 2.45) is 5.73 Å². The van der Waals surface area contributed by atoms with Crippen molar-refractivity contribution in [2.45, 2.75) is 6.92 Å². The topological polar surface area (TPSA) is 128 Å². The highest BCUT2D eigenvalue weighted by molar-refractivity contribution is 6.07. The fraction of sp³-hybridized carbons (Fsp3) is 0.0556. The average molecular weight is 336 g/mol. The van der Waals surface area contributed by atoms with Gasteiger partial charge in [-0.3, -0.25) is 9.59 Å². The van der Waals surface area contributed by atoms with Crippen molar-refractivity contribution in [3.05, 3.63) is 65.4 Å². The Morgan fingerprint density at radius 2 is 1.92 bits per heavy atom. The summed E-state index contributed by atoms with van der Waals surface area (Å²) in [6.45, 7) is 1.71. The van der Waals surface area contributed by atoms with E-state index < -0.39 is 11.8 Å². The van der Waals surface area contributed by atoms with Crippen LogP contribution in [-0.4, -0.2) is 16.9 Å². The number of hydrogen-bond acceptors (Lipinski definition) is 5. The third-order valence-corrected chi connectivity index (χ3v) is 3.39. The van der Waals surface area contributed by atoms with Crippen LogP contribution >= 0.6 is 0 Å². The lowest BCUT2D eigenvalue weighted by molar-refractivity contribution is -0.112. The minimum atomic E-state index is -0.626. The molecule has 7 nitrogen and oxygen atoms in total. The summed E-state index contributed by atoms with van der Waals surface area (Å²) in [5.41, 5.74) is 6.84. The molecule has 0 aliphatic carbocycles. The number of phenolic OH excluding ortho intramolecular Hbond substituents is 1. The van der Waals surface area contributed by atoms with Gasteiger partial charge in [-0.05, 0) is 42.8 Å². The van der Waals surface area contributed by atoms with Crippen molar-refractivity contribution in [3.8, 4) is 11.8 Å². The van der Waals surface area contributed by atoms with E-state index in [1.807, 2.05) is 0 Å². The molecule has 0 saturated heterocycles. The maximum absolute atomic E-state index is 12.2. The molecule has 7 heteroatoms. The molecule has 5 N–H and O–H groups in total. The van der Waals surface area contributed by atoms with Gasteiger partial charge < -0.3 is 21.5 Å². The second-order valence-electron chi connectivity index (χ2n) is 5.18. The molecule has 0 atom stereocenters. The average Bonchev–Trinajstić information content (AvgIpc) is 2.58. The zero-order valence-corrected chi connectivity index (χ0v) is 13.4. The second kappa shape index (κ2) is 7.66. The van der Waals surface area contributed by atoms with E-state index in [2.05, 4.69) is 10.6 Å². The standard InChI is InChI=1S/C18H16N4O3/c1-11-8-13(23)6-7-15(11)22-18(25)12(9-19)10-21-16-5-3-2-4-14(16)17(20)24/h2-8,10,21,23H,1H3,(H2,20,24)(H,22,25)/b12-10-. The molecular weight excluding hydrogens is 320 g/mol. The molecule has 0 heterocycles. The van der Waals surface area contributed by atoms with Gasteiger partial charge in [-0.1, -0.05) is 12.1 Å². The Morgan fingerprint density at radius 1 is 1.20 bits per heavy atom. The van der Waals surface area contributed by atoms with Crippen molar-refractivity contribution in [3.63, 3.8) is 0 Å². The lowest BCUT2D eigenvalue weighted by Crippen LogP contribution is -2.16. The van der Waals surface area contributed by atoms with E-state index in [1.165, 1.54) is 30.5 Å². The first kappa shape index (κ1) is 17.6. The van der Waals surface area contributed by atoms with Crippen LogP contribution in [0.15, 0.2) is 54.2 Å². The molecule has 126 valence electrons. The van der Waals surface area contributed by atoms with Gasteiger partial charge in [0.25, 0.3) is 11.8 Å². The number of benzene rings is 2. The summed E-state index contributed by atoms with van der Waals surface area (Å²) in [5.74, 6) is -1.17. The monoisotopic (exact) mass is 336 g/mol. The van der Waals surface area contributed by atoms with Gasteiger partial charge in [-0.25, -0.2) is 0 Å². The van der Waals surface area contributed by atoms with E-state index >= 15 is 0 Å². The van der Waals surface area contributed by atoms with Crippen molar-refractivity contribution >= 4 is 23.2 Å². The minimum absolute atomic E-state index is 0.0799. The predicted octanol–water partition coefficient (Wildman–Crippen LogP) is 2.26. The van der Waals surface area contributed by atoms with E-state index in [4.69, 9.17) is 5.73 Å². The normalized spacial score (nSPS) is 10.6. The van der Waals surface area contributed by atoms with E-state index in [0.717, 1.165) is 0 Å². The minimum Gasteiger partial charge on any atom is -0.508 e. The van der Waals surface area contributed by atoms with Gasteiger partial charge in [-0.15, -0.1) is 0 Å². The lowest BCUT2D eigenvalue weighted by atomic mass is 10.1. The molecule has 25 heavy (non-hydrogen) atoms. The summed E-state index contributed by atoms with van der Waals surface area (Å²) < 4.78 is 0. The van der Waals surface area contributed by atoms with Crippen LogP contribution < -0.4 is 16.4 Å². The number of hydrogen-bond donors (Lipinski definition) is 4. The number of nitrogens with one attached hydrogen (secondary N) is 2. The Kier molecular flexibility index (Phi) is 5.38. The summed E-state index contributed by atoms with van der Waals surface area (Å²) in [7, 11) is 0. The Labute approximate surface area is 144 Å². The summed E-state index contributed by atoms with van der Waals surface area (Å²) in [5, 5.41) is 23.9. The van der Waals surface area contributed by atoms with Crippen LogP contribution in [0.3, 0.4) is 0 Å². The summed E-state index contributed by atoms with van der Waals surface area (Å²) in [6, 6.07) is 12.7. The SMILES string of the molecule is Cc1cc(O)ccc1NC(=O)/C(C#N)=C\Nc1ccccc1C(N)=O. The number of nitrogens with zero attached hydrogens (tertiary/aromatic N) is 1. The Balaban J connectivity index is 2.19. The molecule has 0 saturated carbocycles. The number of carbonyl (C=O) groups excluding carboxylic acids is 2. The van der Waals surface area contributed by atoms with E-state index in [9.17, 15) is 20.0 Å². The van der Waals surface area contributed by atoms with Crippen molar-refractivity contribution in [2.75, 3.05) is 10.6 Å². The van der Waals surface area contributed by atoms with Crippen LogP contribution in [0.1, 0.15) is 15.9 Å². The number of anilines is 2. The molecule has 0 radical (unpaired) electrons. The Hall–Kier alpha value is -3.79. The Morgan fingerprint density at radius 3 is 2.56 bits per heavy atom. The van der Waals surface area contributed by atoms with E-state index in [-0.39, 0.29) is 16.9 Å². The maximum atomic E-state index is 12.2. The van der Waals surface area contributed by atoms with E-state index in [1.54, 1.807) is 31.2 Å². The van der Waals surface area contributed by atoms with Crippen LogP contribution in [0, 0.1) is 18.3 Å². The van der Waals surface area contributed by atoms with Crippen LogP contribution in [0.25, 0.3) is 0 Å². The highest BCUT2D eigenvalue weighted by atomic mass is 16.3. The summed E-state index contributed by atoms with van der Waals surface area (Å²) in [4.78, 5) is 23.6. The van der Waals surface area contributed by atoms with Crippen LogP contribution in [0.4, 0.5) is 11.4 Å². The van der Waals surface area contributed by atoms with Crippen molar-refractivity contribution in [1.29, 1.82) is 5.26 Å². The number of aromatic hydroxyl groups is 1.